The van der Waals surface area contributed by atoms with Gasteiger partial charge in [-0.2, -0.15) is 0 Å². The monoisotopic (exact) mass is 363 g/mol. The van der Waals surface area contributed by atoms with E-state index in [4.69, 9.17) is 11.6 Å². The summed E-state index contributed by atoms with van der Waals surface area (Å²) >= 11 is 9.87. The second kappa shape index (κ2) is 5.78. The number of halogens is 2. The zero-order valence-corrected chi connectivity index (χ0v) is 14.1. The Hall–Kier alpha value is -1.39. The number of hydrogen-bond acceptors (Lipinski definition) is 2. The van der Waals surface area contributed by atoms with Gasteiger partial charge in [-0.1, -0.05) is 22.0 Å². The summed E-state index contributed by atoms with van der Waals surface area (Å²) in [5.74, 6) is 0.876. The van der Waals surface area contributed by atoms with Crippen LogP contribution in [0, 0.1) is 0 Å². The molecule has 0 aliphatic heterocycles. The van der Waals surface area contributed by atoms with E-state index in [0.717, 1.165) is 26.9 Å². The highest BCUT2D eigenvalue weighted by Crippen LogP contribution is 2.32. The highest BCUT2D eigenvalue weighted by molar-refractivity contribution is 9.10. The van der Waals surface area contributed by atoms with Crippen LogP contribution in [0.15, 0.2) is 47.2 Å². The average Bonchev–Trinajstić information content (AvgIpc) is 2.86. The van der Waals surface area contributed by atoms with E-state index in [0.29, 0.717) is 0 Å². The first-order valence-electron chi connectivity index (χ1n) is 6.79. The summed E-state index contributed by atoms with van der Waals surface area (Å²) in [7, 11) is 0. The van der Waals surface area contributed by atoms with Gasteiger partial charge in [0.1, 0.15) is 5.82 Å². The number of fused-ring (bicyclic) bond motifs is 1. The summed E-state index contributed by atoms with van der Waals surface area (Å²) in [6.45, 7) is 4.09. The molecule has 0 saturated carbocycles. The smallest absolute Gasteiger partial charge is 0.128 e. The SMILES string of the molecule is CC(Cl)c1nc2ccc(Br)cc2n1C(C)c1cccnc1. The Morgan fingerprint density at radius 1 is 1.24 bits per heavy atom. The van der Waals surface area contributed by atoms with Gasteiger partial charge in [0.05, 0.1) is 22.5 Å². The molecular formula is C16H15BrClN3. The quantitative estimate of drug-likeness (QED) is 0.605. The van der Waals surface area contributed by atoms with Gasteiger partial charge in [0.15, 0.2) is 0 Å². The molecule has 0 spiro atoms. The normalized spacial score (nSPS) is 14.3. The zero-order chi connectivity index (χ0) is 15.0. The van der Waals surface area contributed by atoms with E-state index < -0.39 is 0 Å². The maximum absolute atomic E-state index is 6.34. The molecule has 5 heteroatoms. The van der Waals surface area contributed by atoms with Crippen molar-refractivity contribution in [3.8, 4) is 0 Å². The lowest BCUT2D eigenvalue weighted by molar-refractivity contribution is 0.616. The van der Waals surface area contributed by atoms with Crippen molar-refractivity contribution in [2.45, 2.75) is 25.3 Å². The minimum Gasteiger partial charge on any atom is -0.319 e. The summed E-state index contributed by atoms with van der Waals surface area (Å²) in [6, 6.07) is 10.2. The lowest BCUT2D eigenvalue weighted by Crippen LogP contribution is -2.11. The van der Waals surface area contributed by atoms with Gasteiger partial charge in [0, 0.05) is 16.9 Å². The van der Waals surface area contributed by atoms with E-state index in [1.807, 2.05) is 31.3 Å². The van der Waals surface area contributed by atoms with Crippen LogP contribution in [-0.4, -0.2) is 14.5 Å². The zero-order valence-electron chi connectivity index (χ0n) is 11.8. The molecule has 3 nitrogen and oxygen atoms in total. The second-order valence-electron chi connectivity index (χ2n) is 5.05. The van der Waals surface area contributed by atoms with E-state index in [-0.39, 0.29) is 11.4 Å². The third-order valence-corrected chi connectivity index (χ3v) is 4.28. The maximum Gasteiger partial charge on any atom is 0.128 e. The number of rotatable bonds is 3. The molecule has 2 heterocycles. The van der Waals surface area contributed by atoms with Gasteiger partial charge in [0.25, 0.3) is 0 Å². The molecule has 2 aromatic heterocycles. The lowest BCUT2D eigenvalue weighted by Gasteiger charge is -2.18. The molecule has 0 fully saturated rings. The van der Waals surface area contributed by atoms with Crippen LogP contribution >= 0.6 is 27.5 Å². The number of benzene rings is 1. The van der Waals surface area contributed by atoms with Crippen LogP contribution in [0.3, 0.4) is 0 Å². The molecule has 0 bridgehead atoms. The van der Waals surface area contributed by atoms with Crippen LogP contribution in [0.5, 0.6) is 0 Å². The first kappa shape index (κ1) is 14.5. The van der Waals surface area contributed by atoms with Gasteiger partial charge in [0.2, 0.25) is 0 Å². The molecule has 0 saturated heterocycles. The molecule has 0 N–H and O–H groups in total. The Morgan fingerprint density at radius 2 is 2.05 bits per heavy atom. The Morgan fingerprint density at radius 3 is 2.71 bits per heavy atom. The van der Waals surface area contributed by atoms with E-state index in [9.17, 15) is 0 Å². The summed E-state index contributed by atoms with van der Waals surface area (Å²) in [5.41, 5.74) is 3.16. The minimum absolute atomic E-state index is 0.120. The fourth-order valence-electron chi connectivity index (χ4n) is 2.54. The largest absolute Gasteiger partial charge is 0.319 e. The Kier molecular flexibility index (Phi) is 4.00. The van der Waals surface area contributed by atoms with Crippen LogP contribution < -0.4 is 0 Å². The number of imidazole rings is 1. The first-order chi connectivity index (χ1) is 10.1. The summed E-state index contributed by atoms with van der Waals surface area (Å²) < 4.78 is 3.22. The lowest BCUT2D eigenvalue weighted by atomic mass is 10.1. The van der Waals surface area contributed by atoms with E-state index >= 15 is 0 Å². The highest BCUT2D eigenvalue weighted by Gasteiger charge is 2.20. The van der Waals surface area contributed by atoms with E-state index in [1.165, 1.54) is 0 Å². The van der Waals surface area contributed by atoms with Crippen LogP contribution in [0.25, 0.3) is 11.0 Å². The predicted octanol–water partition coefficient (Wildman–Crippen LogP) is 5.10. The molecule has 2 unspecified atom stereocenters. The number of hydrogen-bond donors (Lipinski definition) is 0. The summed E-state index contributed by atoms with van der Waals surface area (Å²) in [6.07, 6.45) is 3.67. The van der Waals surface area contributed by atoms with Gasteiger partial charge in [-0.25, -0.2) is 4.98 Å². The highest BCUT2D eigenvalue weighted by atomic mass is 79.9. The van der Waals surface area contributed by atoms with Crippen molar-refractivity contribution in [2.24, 2.45) is 0 Å². The molecule has 0 aliphatic rings. The molecule has 1 aromatic carbocycles. The molecule has 0 amide bonds. The standard InChI is InChI=1S/C16H15BrClN3/c1-10(18)16-20-14-6-5-13(17)8-15(14)21(16)11(2)12-4-3-7-19-9-12/h3-11H,1-2H3. The van der Waals surface area contributed by atoms with E-state index in [2.05, 4.69) is 49.5 Å². The van der Waals surface area contributed by atoms with Crippen molar-refractivity contribution in [2.75, 3.05) is 0 Å². The Balaban J connectivity index is 2.24. The predicted molar refractivity (Wildman–Crippen MR) is 89.8 cm³/mol. The van der Waals surface area contributed by atoms with Crippen LogP contribution in [0.2, 0.25) is 0 Å². The maximum atomic E-state index is 6.34. The van der Waals surface area contributed by atoms with Crippen molar-refractivity contribution in [1.29, 1.82) is 0 Å². The molecule has 0 radical (unpaired) electrons. The Labute approximate surface area is 137 Å². The molecule has 2 atom stereocenters. The minimum atomic E-state index is -0.157. The molecular weight excluding hydrogens is 350 g/mol. The number of alkyl halides is 1. The fraction of sp³-hybridized carbons (Fsp3) is 0.250. The third kappa shape index (κ3) is 2.70. The van der Waals surface area contributed by atoms with E-state index in [1.54, 1.807) is 6.20 Å². The molecule has 108 valence electrons. The van der Waals surface area contributed by atoms with Crippen molar-refractivity contribution in [1.82, 2.24) is 14.5 Å². The van der Waals surface area contributed by atoms with Crippen LogP contribution in [-0.2, 0) is 0 Å². The molecule has 0 aliphatic carbocycles. The van der Waals surface area contributed by atoms with Crippen molar-refractivity contribution in [3.05, 3.63) is 58.6 Å². The summed E-state index contributed by atoms with van der Waals surface area (Å²) in [5, 5.41) is -0.157. The van der Waals surface area contributed by atoms with Gasteiger partial charge in [-0.3, -0.25) is 4.98 Å². The Bertz CT molecular complexity index is 768. The van der Waals surface area contributed by atoms with Crippen molar-refractivity contribution >= 4 is 38.6 Å². The fourth-order valence-corrected chi connectivity index (χ4v) is 3.05. The van der Waals surface area contributed by atoms with Crippen LogP contribution in [0.1, 0.15) is 36.7 Å². The van der Waals surface area contributed by atoms with Gasteiger partial charge < -0.3 is 4.57 Å². The van der Waals surface area contributed by atoms with Crippen molar-refractivity contribution < 1.29 is 0 Å². The number of aromatic nitrogens is 3. The number of nitrogens with zero attached hydrogens (tertiary/aromatic N) is 3. The number of pyridine rings is 1. The molecule has 21 heavy (non-hydrogen) atoms. The topological polar surface area (TPSA) is 30.7 Å². The third-order valence-electron chi connectivity index (χ3n) is 3.59. The second-order valence-corrected chi connectivity index (χ2v) is 6.62. The van der Waals surface area contributed by atoms with Gasteiger partial charge >= 0.3 is 0 Å². The molecule has 3 rings (SSSR count). The first-order valence-corrected chi connectivity index (χ1v) is 8.02. The van der Waals surface area contributed by atoms with Gasteiger partial charge in [-0.15, -0.1) is 11.6 Å². The van der Waals surface area contributed by atoms with Crippen molar-refractivity contribution in [3.63, 3.8) is 0 Å². The average molecular weight is 365 g/mol. The molecule has 3 aromatic rings. The van der Waals surface area contributed by atoms with Gasteiger partial charge in [-0.05, 0) is 43.7 Å². The van der Waals surface area contributed by atoms with Crippen LogP contribution in [0.4, 0.5) is 0 Å². The summed E-state index contributed by atoms with van der Waals surface area (Å²) in [4.78, 5) is 8.90.